The van der Waals surface area contributed by atoms with Gasteiger partial charge in [0.05, 0.1) is 0 Å². The van der Waals surface area contributed by atoms with E-state index < -0.39 is 11.6 Å². The minimum atomic E-state index is -0.665. The lowest BCUT2D eigenvalue weighted by atomic mass is 10.0. The Morgan fingerprint density at radius 1 is 0.914 bits per heavy atom. The number of hydrogen-bond donors (Lipinski definition) is 1. The summed E-state index contributed by atoms with van der Waals surface area (Å²) in [4.78, 5) is 30.0. The molecule has 3 aromatic carbocycles. The Bertz CT molecular complexity index is 1100. The van der Waals surface area contributed by atoms with Gasteiger partial charge >= 0.3 is 0 Å². The minimum Gasteiger partial charge on any atom is -0.350 e. The lowest BCUT2D eigenvalue weighted by Crippen LogP contribution is -2.54. The van der Waals surface area contributed by atoms with E-state index in [1.807, 2.05) is 106 Å². The SMILES string of the molecule is CC(C)(C)NC(=O)[C@@H](Cc1ccccc1)N(Cc1ccccc1Cl)C(=O)CCSc1ccccc1. The standard InChI is InChI=1S/C29H33ClN2O2S/c1-29(2,3)31-28(34)26(20-22-12-6-4-7-13-22)32(21-23-14-10-11-17-25(23)30)27(33)18-19-35-24-15-8-5-9-16-24/h4-17,26H,18-21H2,1-3H3,(H,31,34)/t26-/m1/s1. The van der Waals surface area contributed by atoms with E-state index in [2.05, 4.69) is 5.32 Å². The topological polar surface area (TPSA) is 49.4 Å². The van der Waals surface area contributed by atoms with Crippen LogP contribution in [0.15, 0.2) is 89.8 Å². The number of carbonyl (C=O) groups is 2. The van der Waals surface area contributed by atoms with Gasteiger partial charge in [-0.3, -0.25) is 9.59 Å². The number of rotatable bonds is 10. The van der Waals surface area contributed by atoms with Crippen molar-refractivity contribution in [1.29, 1.82) is 0 Å². The smallest absolute Gasteiger partial charge is 0.243 e. The van der Waals surface area contributed by atoms with Crippen LogP contribution in [0.25, 0.3) is 0 Å². The molecule has 0 radical (unpaired) electrons. The van der Waals surface area contributed by atoms with E-state index in [0.29, 0.717) is 23.6 Å². The summed E-state index contributed by atoms with van der Waals surface area (Å²) in [5, 5.41) is 3.67. The van der Waals surface area contributed by atoms with Crippen molar-refractivity contribution in [2.24, 2.45) is 0 Å². The predicted molar refractivity (Wildman–Crippen MR) is 146 cm³/mol. The highest BCUT2D eigenvalue weighted by molar-refractivity contribution is 7.99. The molecule has 35 heavy (non-hydrogen) atoms. The number of carbonyl (C=O) groups excluding carboxylic acids is 2. The van der Waals surface area contributed by atoms with Crippen LogP contribution in [0.4, 0.5) is 0 Å². The van der Waals surface area contributed by atoms with Crippen molar-refractivity contribution in [2.45, 2.75) is 56.6 Å². The maximum atomic E-state index is 13.6. The Morgan fingerprint density at radius 2 is 1.51 bits per heavy atom. The third kappa shape index (κ3) is 8.75. The van der Waals surface area contributed by atoms with Crippen molar-refractivity contribution < 1.29 is 9.59 Å². The lowest BCUT2D eigenvalue weighted by molar-refractivity contribution is -0.141. The molecule has 0 aliphatic rings. The second-order valence-corrected chi connectivity index (χ2v) is 11.0. The molecule has 1 N–H and O–H groups in total. The summed E-state index contributed by atoms with van der Waals surface area (Å²) in [6, 6.07) is 26.6. The van der Waals surface area contributed by atoms with Crippen LogP contribution in [0.5, 0.6) is 0 Å². The molecule has 2 amide bonds. The molecule has 0 unspecified atom stereocenters. The average Bonchev–Trinajstić information content (AvgIpc) is 2.82. The minimum absolute atomic E-state index is 0.0710. The first-order valence-electron chi connectivity index (χ1n) is 11.8. The summed E-state index contributed by atoms with van der Waals surface area (Å²) < 4.78 is 0. The molecule has 3 aromatic rings. The molecular formula is C29H33ClN2O2S. The Labute approximate surface area is 218 Å². The van der Waals surface area contributed by atoms with Crippen LogP contribution in [-0.2, 0) is 22.6 Å². The van der Waals surface area contributed by atoms with Crippen molar-refractivity contribution in [2.75, 3.05) is 5.75 Å². The molecular weight excluding hydrogens is 476 g/mol. The Morgan fingerprint density at radius 3 is 2.14 bits per heavy atom. The molecule has 0 saturated carbocycles. The van der Waals surface area contributed by atoms with Crippen molar-refractivity contribution in [3.8, 4) is 0 Å². The fourth-order valence-electron chi connectivity index (χ4n) is 3.73. The number of nitrogens with zero attached hydrogens (tertiary/aromatic N) is 1. The zero-order valence-electron chi connectivity index (χ0n) is 20.5. The number of nitrogens with one attached hydrogen (secondary N) is 1. The van der Waals surface area contributed by atoms with Gasteiger partial charge < -0.3 is 10.2 Å². The summed E-state index contributed by atoms with van der Waals surface area (Å²) in [5.41, 5.74) is 1.39. The molecule has 1 atom stereocenters. The molecule has 0 aliphatic heterocycles. The number of hydrogen-bond acceptors (Lipinski definition) is 3. The van der Waals surface area contributed by atoms with Gasteiger partial charge in [0.1, 0.15) is 6.04 Å². The third-order valence-electron chi connectivity index (χ3n) is 5.40. The monoisotopic (exact) mass is 508 g/mol. The molecule has 0 saturated heterocycles. The Hall–Kier alpha value is -2.76. The summed E-state index contributed by atoms with van der Waals surface area (Å²) >= 11 is 8.10. The van der Waals surface area contributed by atoms with Gasteiger partial charge in [-0.1, -0.05) is 78.3 Å². The normalized spacial score (nSPS) is 12.1. The largest absolute Gasteiger partial charge is 0.350 e. The first kappa shape index (κ1) is 26.8. The van der Waals surface area contributed by atoms with Crippen LogP contribution in [0.3, 0.4) is 0 Å². The highest BCUT2D eigenvalue weighted by atomic mass is 35.5. The van der Waals surface area contributed by atoms with E-state index >= 15 is 0 Å². The van der Waals surface area contributed by atoms with Crippen molar-refractivity contribution in [3.05, 3.63) is 101 Å². The van der Waals surface area contributed by atoms with E-state index in [0.717, 1.165) is 16.0 Å². The quantitative estimate of drug-likeness (QED) is 0.323. The zero-order valence-corrected chi connectivity index (χ0v) is 22.1. The number of halogens is 1. The van der Waals surface area contributed by atoms with Crippen LogP contribution >= 0.6 is 23.4 Å². The molecule has 0 spiro atoms. The van der Waals surface area contributed by atoms with Crippen molar-refractivity contribution in [1.82, 2.24) is 10.2 Å². The molecule has 0 heterocycles. The van der Waals surface area contributed by atoms with E-state index in [9.17, 15) is 9.59 Å². The molecule has 184 valence electrons. The zero-order chi connectivity index (χ0) is 25.3. The highest BCUT2D eigenvalue weighted by Crippen LogP contribution is 2.23. The Balaban J connectivity index is 1.88. The summed E-state index contributed by atoms with van der Waals surface area (Å²) in [5.74, 6) is 0.386. The van der Waals surface area contributed by atoms with Gasteiger partial charge in [0.15, 0.2) is 0 Å². The van der Waals surface area contributed by atoms with Crippen LogP contribution in [0.1, 0.15) is 38.3 Å². The molecule has 0 aromatic heterocycles. The highest BCUT2D eigenvalue weighted by Gasteiger charge is 2.32. The number of thioether (sulfide) groups is 1. The Kier molecular flexibility index (Phi) is 9.82. The first-order valence-corrected chi connectivity index (χ1v) is 13.2. The van der Waals surface area contributed by atoms with Gasteiger partial charge in [0.2, 0.25) is 11.8 Å². The second-order valence-electron chi connectivity index (χ2n) is 9.47. The van der Waals surface area contributed by atoms with Gasteiger partial charge in [-0.15, -0.1) is 11.8 Å². The third-order valence-corrected chi connectivity index (χ3v) is 6.78. The maximum absolute atomic E-state index is 13.6. The molecule has 0 aliphatic carbocycles. The van der Waals surface area contributed by atoms with Gasteiger partial charge in [-0.2, -0.15) is 0 Å². The molecule has 0 bridgehead atoms. The number of benzene rings is 3. The fraction of sp³-hybridized carbons (Fsp3) is 0.310. The summed E-state index contributed by atoms with van der Waals surface area (Å²) in [7, 11) is 0. The van der Waals surface area contributed by atoms with E-state index in [-0.39, 0.29) is 18.4 Å². The van der Waals surface area contributed by atoms with Crippen molar-refractivity contribution in [3.63, 3.8) is 0 Å². The second kappa shape index (κ2) is 12.8. The van der Waals surface area contributed by atoms with E-state index in [4.69, 9.17) is 11.6 Å². The molecule has 0 fully saturated rings. The predicted octanol–water partition coefficient (Wildman–Crippen LogP) is 6.38. The molecule has 3 rings (SSSR count). The van der Waals surface area contributed by atoms with Gasteiger partial charge in [0, 0.05) is 40.6 Å². The van der Waals surface area contributed by atoms with Crippen LogP contribution in [0, 0.1) is 0 Å². The van der Waals surface area contributed by atoms with Crippen molar-refractivity contribution >= 4 is 35.2 Å². The molecule has 6 heteroatoms. The van der Waals surface area contributed by atoms with E-state index in [1.54, 1.807) is 16.7 Å². The van der Waals surface area contributed by atoms with Gasteiger partial charge in [-0.25, -0.2) is 0 Å². The summed E-state index contributed by atoms with van der Waals surface area (Å²) in [6.07, 6.45) is 0.739. The summed E-state index contributed by atoms with van der Waals surface area (Å²) in [6.45, 7) is 6.10. The first-order chi connectivity index (χ1) is 16.7. The average molecular weight is 509 g/mol. The number of amides is 2. The van der Waals surface area contributed by atoms with Crippen LogP contribution in [-0.4, -0.2) is 34.0 Å². The van der Waals surface area contributed by atoms with Crippen LogP contribution < -0.4 is 5.32 Å². The van der Waals surface area contributed by atoms with E-state index in [1.165, 1.54) is 0 Å². The maximum Gasteiger partial charge on any atom is 0.243 e. The fourth-order valence-corrected chi connectivity index (χ4v) is 4.79. The van der Waals surface area contributed by atoms with Gasteiger partial charge in [-0.05, 0) is 50.1 Å². The lowest BCUT2D eigenvalue weighted by Gasteiger charge is -2.34. The van der Waals surface area contributed by atoms with Crippen LogP contribution in [0.2, 0.25) is 5.02 Å². The molecule has 4 nitrogen and oxygen atoms in total. The van der Waals surface area contributed by atoms with Gasteiger partial charge in [0.25, 0.3) is 0 Å².